The topological polar surface area (TPSA) is 34.5 Å². The molecular weight excluding hydrogens is 162 g/mol. The lowest BCUT2D eigenvalue weighted by atomic mass is 10.0. The Labute approximate surface area is 76.1 Å². The molecule has 0 aromatic heterocycles. The average Bonchev–Trinajstić information content (AvgIpc) is 3.00. The average molecular weight is 171 g/mol. The molecule has 0 saturated carbocycles. The van der Waals surface area contributed by atoms with Crippen molar-refractivity contribution in [2.75, 3.05) is 0 Å². The summed E-state index contributed by atoms with van der Waals surface area (Å²) in [6.45, 7) is 0. The minimum Gasteiger partial charge on any atom is -0.273 e. The highest BCUT2D eigenvalue weighted by Gasteiger charge is 2.25. The van der Waals surface area contributed by atoms with Gasteiger partial charge in [-0.1, -0.05) is 42.5 Å². The zero-order chi connectivity index (χ0) is 8.67. The Morgan fingerprint density at radius 3 is 2.62 bits per heavy atom. The summed E-state index contributed by atoms with van der Waals surface area (Å²) < 4.78 is 0. The monoisotopic (exact) mass is 171 g/mol. The van der Waals surface area contributed by atoms with Gasteiger partial charge in [-0.15, -0.1) is 0 Å². The molecule has 13 heavy (non-hydrogen) atoms. The number of fused-ring (bicyclic) bond motifs is 1. The second-order valence-corrected chi connectivity index (χ2v) is 3.18. The molecule has 2 heteroatoms. The van der Waals surface area contributed by atoms with Crippen molar-refractivity contribution in [3.8, 4) is 0 Å². The molecule has 0 aliphatic carbocycles. The number of hydroxylamine groups is 1. The number of nitrogens with one attached hydrogen (secondary N) is 1. The minimum atomic E-state index is 0.103. The Bertz CT molecular complexity index is 443. The highest BCUT2D eigenvalue weighted by atomic mass is 16.8. The number of hydrogen-bond acceptors (Lipinski definition) is 2. The van der Waals surface area contributed by atoms with Crippen LogP contribution in [0.25, 0.3) is 10.8 Å². The van der Waals surface area contributed by atoms with Gasteiger partial charge in [0.15, 0.2) is 6.23 Å². The van der Waals surface area contributed by atoms with Crippen molar-refractivity contribution >= 4 is 10.8 Å². The van der Waals surface area contributed by atoms with Gasteiger partial charge in [0.05, 0.1) is 0 Å². The van der Waals surface area contributed by atoms with Gasteiger partial charge in [0.2, 0.25) is 0 Å². The molecule has 0 amide bonds. The number of hydrogen-bond donors (Lipinski definition) is 1. The normalized spacial score (nSPS) is 20.5. The summed E-state index contributed by atoms with van der Waals surface area (Å²) in [5.74, 6) is 0. The molecule has 2 aromatic rings. The van der Waals surface area contributed by atoms with Crippen LogP contribution in [0.3, 0.4) is 0 Å². The summed E-state index contributed by atoms with van der Waals surface area (Å²) in [5, 5.41) is 2.53. The fourth-order valence-electron chi connectivity index (χ4n) is 1.64. The van der Waals surface area contributed by atoms with Gasteiger partial charge < -0.3 is 0 Å². The van der Waals surface area contributed by atoms with Crippen molar-refractivity contribution in [2.45, 2.75) is 6.23 Å². The molecule has 1 aliphatic rings. The van der Waals surface area contributed by atoms with Crippen LogP contribution in [0.5, 0.6) is 0 Å². The zero-order valence-electron chi connectivity index (χ0n) is 7.03. The minimum absolute atomic E-state index is 0.103. The Hall–Kier alpha value is -1.38. The van der Waals surface area contributed by atoms with E-state index in [1.54, 1.807) is 0 Å². The maximum atomic E-state index is 5.05. The summed E-state index contributed by atoms with van der Waals surface area (Å²) >= 11 is 0. The number of benzene rings is 2. The molecule has 1 fully saturated rings. The van der Waals surface area contributed by atoms with Crippen LogP contribution in [0.4, 0.5) is 0 Å². The molecule has 1 unspecified atom stereocenters. The lowest BCUT2D eigenvalue weighted by Crippen LogP contribution is -1.85. The first-order chi connectivity index (χ1) is 6.45. The summed E-state index contributed by atoms with van der Waals surface area (Å²) in [6.07, 6.45) is 0.103. The third-order valence-electron chi connectivity index (χ3n) is 2.34. The first-order valence-electron chi connectivity index (χ1n) is 4.34. The molecule has 1 N–H and O–H groups in total. The third-order valence-corrected chi connectivity index (χ3v) is 2.34. The maximum absolute atomic E-state index is 5.05. The third kappa shape index (κ3) is 1.11. The van der Waals surface area contributed by atoms with Gasteiger partial charge in [-0.25, -0.2) is 0 Å². The lowest BCUT2D eigenvalue weighted by molar-refractivity contribution is 0.375. The Kier molecular flexibility index (Phi) is 1.39. The standard InChI is InChI=1S/C11H9NO/c1-2-6-9-8(4-1)5-3-7-10(9)11-12-13-11/h1-7,11-12H. The summed E-state index contributed by atoms with van der Waals surface area (Å²) in [5.41, 5.74) is 4.06. The van der Waals surface area contributed by atoms with Crippen LogP contribution in [0, 0.1) is 0 Å². The van der Waals surface area contributed by atoms with E-state index in [0.717, 1.165) is 0 Å². The van der Waals surface area contributed by atoms with E-state index >= 15 is 0 Å². The molecule has 0 radical (unpaired) electrons. The molecule has 1 aliphatic heterocycles. The van der Waals surface area contributed by atoms with Crippen molar-refractivity contribution < 1.29 is 4.84 Å². The lowest BCUT2D eigenvalue weighted by Gasteiger charge is -2.01. The Balaban J connectivity index is 2.32. The number of rotatable bonds is 1. The van der Waals surface area contributed by atoms with Crippen molar-refractivity contribution in [3.05, 3.63) is 48.0 Å². The molecule has 3 rings (SSSR count). The Morgan fingerprint density at radius 2 is 1.77 bits per heavy atom. The highest BCUT2D eigenvalue weighted by Crippen LogP contribution is 2.29. The van der Waals surface area contributed by atoms with E-state index in [1.807, 2.05) is 12.1 Å². The van der Waals surface area contributed by atoms with E-state index in [1.165, 1.54) is 16.3 Å². The molecule has 1 atom stereocenters. The molecule has 64 valence electrons. The molecule has 1 heterocycles. The van der Waals surface area contributed by atoms with Gasteiger partial charge in [0, 0.05) is 5.56 Å². The van der Waals surface area contributed by atoms with Crippen molar-refractivity contribution in [1.29, 1.82) is 0 Å². The summed E-state index contributed by atoms with van der Waals surface area (Å²) in [4.78, 5) is 5.05. The van der Waals surface area contributed by atoms with Crippen LogP contribution in [0.15, 0.2) is 42.5 Å². The predicted octanol–water partition coefficient (Wildman–Crippen LogP) is 2.37. The van der Waals surface area contributed by atoms with Crippen molar-refractivity contribution in [2.24, 2.45) is 0 Å². The van der Waals surface area contributed by atoms with Gasteiger partial charge in [0.25, 0.3) is 0 Å². The fourth-order valence-corrected chi connectivity index (χ4v) is 1.64. The largest absolute Gasteiger partial charge is 0.273 e. The van der Waals surface area contributed by atoms with Gasteiger partial charge in [-0.05, 0) is 10.8 Å². The maximum Gasteiger partial charge on any atom is 0.177 e. The van der Waals surface area contributed by atoms with Crippen LogP contribution >= 0.6 is 0 Å². The first-order valence-corrected chi connectivity index (χ1v) is 4.34. The van der Waals surface area contributed by atoms with Crippen LogP contribution in [-0.2, 0) is 4.84 Å². The van der Waals surface area contributed by atoms with Gasteiger partial charge in [0.1, 0.15) is 0 Å². The SMILES string of the molecule is c1ccc2c(C3NO3)cccc2c1. The molecule has 0 spiro atoms. The fraction of sp³-hybridized carbons (Fsp3) is 0.0909. The molecule has 1 saturated heterocycles. The van der Waals surface area contributed by atoms with Gasteiger partial charge in [-0.2, -0.15) is 5.48 Å². The Morgan fingerprint density at radius 1 is 1.00 bits per heavy atom. The molecule has 0 bridgehead atoms. The predicted molar refractivity (Wildman–Crippen MR) is 50.9 cm³/mol. The molecular formula is C11H9NO. The zero-order valence-corrected chi connectivity index (χ0v) is 7.03. The van der Waals surface area contributed by atoms with Crippen LogP contribution in [0.2, 0.25) is 0 Å². The first kappa shape index (κ1) is 7.06. The second kappa shape index (κ2) is 2.55. The van der Waals surface area contributed by atoms with E-state index in [4.69, 9.17) is 4.84 Å². The van der Waals surface area contributed by atoms with E-state index in [2.05, 4.69) is 35.8 Å². The summed E-state index contributed by atoms with van der Waals surface area (Å²) in [7, 11) is 0. The van der Waals surface area contributed by atoms with Gasteiger partial charge in [-0.3, -0.25) is 4.84 Å². The summed E-state index contributed by atoms with van der Waals surface area (Å²) in [6, 6.07) is 14.6. The van der Waals surface area contributed by atoms with Crippen LogP contribution in [0.1, 0.15) is 11.8 Å². The van der Waals surface area contributed by atoms with E-state index in [0.29, 0.717) is 0 Å². The van der Waals surface area contributed by atoms with Crippen LogP contribution < -0.4 is 5.48 Å². The van der Waals surface area contributed by atoms with E-state index in [9.17, 15) is 0 Å². The van der Waals surface area contributed by atoms with E-state index in [-0.39, 0.29) is 6.23 Å². The molecule has 2 nitrogen and oxygen atoms in total. The van der Waals surface area contributed by atoms with Crippen molar-refractivity contribution in [1.82, 2.24) is 5.48 Å². The highest BCUT2D eigenvalue weighted by molar-refractivity contribution is 5.86. The van der Waals surface area contributed by atoms with Crippen molar-refractivity contribution in [3.63, 3.8) is 0 Å². The van der Waals surface area contributed by atoms with Crippen LogP contribution in [-0.4, -0.2) is 0 Å². The van der Waals surface area contributed by atoms with E-state index < -0.39 is 0 Å². The quantitative estimate of drug-likeness (QED) is 0.668. The second-order valence-electron chi connectivity index (χ2n) is 3.18. The molecule has 2 aromatic carbocycles. The smallest absolute Gasteiger partial charge is 0.177 e. The van der Waals surface area contributed by atoms with Gasteiger partial charge >= 0.3 is 0 Å².